The van der Waals surface area contributed by atoms with Crippen LogP contribution in [0.25, 0.3) is 22.4 Å². The van der Waals surface area contributed by atoms with E-state index in [1.807, 2.05) is 28.7 Å². The Kier molecular flexibility index (Phi) is 7.13. The van der Waals surface area contributed by atoms with Crippen LogP contribution in [0.15, 0.2) is 22.7 Å². The van der Waals surface area contributed by atoms with E-state index >= 15 is 0 Å². The molecule has 6 rings (SSSR count). The molecule has 1 aromatic carbocycles. The third-order valence-electron chi connectivity index (χ3n) is 9.56. The predicted octanol–water partition coefficient (Wildman–Crippen LogP) is 6.22. The number of aryl methyl sites for hydroxylation is 2. The minimum atomic E-state index is -0.323. The summed E-state index contributed by atoms with van der Waals surface area (Å²) >= 11 is 0. The summed E-state index contributed by atoms with van der Waals surface area (Å²) in [5, 5.41) is 9.05. The Balaban J connectivity index is 1.44. The minimum absolute atomic E-state index is 0.0185. The van der Waals surface area contributed by atoms with Crippen LogP contribution in [-0.4, -0.2) is 49.2 Å². The number of aromatic nitrogens is 3. The summed E-state index contributed by atoms with van der Waals surface area (Å²) in [4.78, 5) is 41.8. The van der Waals surface area contributed by atoms with Crippen LogP contribution in [0.1, 0.15) is 106 Å². The lowest BCUT2D eigenvalue weighted by Crippen LogP contribution is -2.44. The number of carbonyl (C=O) groups excluding carboxylic acids is 3. The van der Waals surface area contributed by atoms with Gasteiger partial charge in [-0.2, -0.15) is 0 Å². The van der Waals surface area contributed by atoms with Crippen molar-refractivity contribution in [2.24, 2.45) is 5.41 Å². The van der Waals surface area contributed by atoms with E-state index in [-0.39, 0.29) is 41.5 Å². The third-order valence-corrected chi connectivity index (χ3v) is 9.56. The molecule has 2 aliphatic heterocycles. The van der Waals surface area contributed by atoms with Crippen molar-refractivity contribution in [3.8, 4) is 11.5 Å². The van der Waals surface area contributed by atoms with E-state index in [1.54, 1.807) is 13.8 Å². The van der Waals surface area contributed by atoms with Crippen LogP contribution in [0.3, 0.4) is 0 Å². The smallest absolute Gasteiger partial charge is 0.247 e. The second-order valence-corrected chi connectivity index (χ2v) is 12.3. The fourth-order valence-corrected chi connectivity index (χ4v) is 7.43. The van der Waals surface area contributed by atoms with Gasteiger partial charge in [-0.25, -0.2) is 0 Å². The normalized spacial score (nSPS) is 25.6. The average molecular weight is 545 g/mol. The van der Waals surface area contributed by atoms with Crippen molar-refractivity contribution in [2.75, 3.05) is 0 Å². The van der Waals surface area contributed by atoms with Gasteiger partial charge in [-0.05, 0) is 62.1 Å². The highest BCUT2D eigenvalue weighted by Gasteiger charge is 2.65. The number of nitrogens with zero attached hydrogens (tertiary/aromatic N) is 4. The molecule has 212 valence electrons. The first-order valence-electron chi connectivity index (χ1n) is 15.1. The molecule has 2 bridgehead atoms. The van der Waals surface area contributed by atoms with Crippen molar-refractivity contribution < 1.29 is 18.8 Å². The number of ketones is 2. The van der Waals surface area contributed by atoms with E-state index in [1.165, 1.54) is 32.1 Å². The number of rotatable bonds is 4. The Labute approximate surface area is 235 Å². The SMILES string of the molecule is CCC(=O)[C@@H]1C[C@]23CCCCCCCCCc4cc(-c5nnc(C)o5)cc5c(C(C)=O)cn(c45)CC(=O)N1[C@@H]2C3. The monoisotopic (exact) mass is 544 g/mol. The topological polar surface area (TPSA) is 98.3 Å². The summed E-state index contributed by atoms with van der Waals surface area (Å²) in [6.07, 6.45) is 14.3. The molecule has 3 atom stereocenters. The summed E-state index contributed by atoms with van der Waals surface area (Å²) < 4.78 is 7.71. The fourth-order valence-electron chi connectivity index (χ4n) is 7.43. The summed E-state index contributed by atoms with van der Waals surface area (Å²) in [5.41, 5.74) is 3.49. The number of amides is 1. The van der Waals surface area contributed by atoms with Gasteiger partial charge in [-0.1, -0.05) is 45.4 Å². The van der Waals surface area contributed by atoms with Crippen LogP contribution in [0.2, 0.25) is 0 Å². The Hall–Kier alpha value is -3.29. The molecule has 3 aliphatic rings. The third kappa shape index (κ3) is 4.79. The highest BCUT2D eigenvalue weighted by atomic mass is 16.4. The molecule has 0 unspecified atom stereocenters. The summed E-state index contributed by atoms with van der Waals surface area (Å²) in [6.45, 7) is 5.35. The lowest BCUT2D eigenvalue weighted by molar-refractivity contribution is -0.139. The largest absolute Gasteiger partial charge is 0.421 e. The zero-order valence-corrected chi connectivity index (χ0v) is 24.0. The number of hydrogen-bond acceptors (Lipinski definition) is 6. The molecule has 0 N–H and O–H groups in total. The first kappa shape index (κ1) is 26.9. The van der Waals surface area contributed by atoms with E-state index in [9.17, 15) is 14.4 Å². The fraction of sp³-hybridized carbons (Fsp3) is 0.594. The Morgan fingerprint density at radius 1 is 1.05 bits per heavy atom. The molecule has 4 heterocycles. The number of hydrogen-bond donors (Lipinski definition) is 0. The van der Waals surface area contributed by atoms with E-state index in [0.29, 0.717) is 23.8 Å². The van der Waals surface area contributed by atoms with Gasteiger partial charge in [0, 0.05) is 42.1 Å². The lowest BCUT2D eigenvalue weighted by Gasteiger charge is -2.27. The molecule has 0 spiro atoms. The van der Waals surface area contributed by atoms with Crippen LogP contribution in [0.5, 0.6) is 0 Å². The Morgan fingerprint density at radius 2 is 1.80 bits per heavy atom. The lowest BCUT2D eigenvalue weighted by atomic mass is 9.91. The van der Waals surface area contributed by atoms with E-state index in [0.717, 1.165) is 60.6 Å². The zero-order valence-electron chi connectivity index (χ0n) is 24.0. The zero-order chi connectivity index (χ0) is 28.0. The quantitative estimate of drug-likeness (QED) is 0.362. The molecule has 1 saturated carbocycles. The molecule has 2 fully saturated rings. The van der Waals surface area contributed by atoms with Crippen LogP contribution in [0.4, 0.5) is 0 Å². The maximum Gasteiger partial charge on any atom is 0.247 e. The van der Waals surface area contributed by atoms with Crippen molar-refractivity contribution in [2.45, 2.75) is 116 Å². The van der Waals surface area contributed by atoms with Gasteiger partial charge in [0.25, 0.3) is 0 Å². The van der Waals surface area contributed by atoms with Gasteiger partial charge in [0.2, 0.25) is 17.7 Å². The molecule has 3 aromatic rings. The molecule has 0 radical (unpaired) electrons. The Morgan fingerprint density at radius 3 is 2.50 bits per heavy atom. The number of benzene rings is 1. The molecule has 2 aromatic heterocycles. The van der Waals surface area contributed by atoms with Gasteiger partial charge < -0.3 is 13.9 Å². The van der Waals surface area contributed by atoms with Crippen molar-refractivity contribution in [3.05, 3.63) is 35.3 Å². The second-order valence-electron chi connectivity index (χ2n) is 12.3. The predicted molar refractivity (Wildman–Crippen MR) is 152 cm³/mol. The van der Waals surface area contributed by atoms with E-state index in [2.05, 4.69) is 16.3 Å². The van der Waals surface area contributed by atoms with E-state index in [4.69, 9.17) is 4.42 Å². The first-order chi connectivity index (χ1) is 19.3. The summed E-state index contributed by atoms with van der Waals surface area (Å²) in [6, 6.07) is 3.87. The second kappa shape index (κ2) is 10.6. The first-order valence-corrected chi connectivity index (χ1v) is 15.1. The maximum absolute atomic E-state index is 14.0. The molecule has 1 saturated heterocycles. The highest BCUT2D eigenvalue weighted by molar-refractivity contribution is 6.09. The minimum Gasteiger partial charge on any atom is -0.421 e. The number of carbonyl (C=O) groups is 3. The molecule has 8 heteroatoms. The highest BCUT2D eigenvalue weighted by Crippen LogP contribution is 2.62. The summed E-state index contributed by atoms with van der Waals surface area (Å²) in [7, 11) is 0. The van der Waals surface area contributed by atoms with Gasteiger partial charge in [0.1, 0.15) is 6.54 Å². The van der Waals surface area contributed by atoms with E-state index < -0.39 is 0 Å². The van der Waals surface area contributed by atoms with Crippen molar-refractivity contribution in [1.82, 2.24) is 19.7 Å². The van der Waals surface area contributed by atoms with Crippen molar-refractivity contribution >= 4 is 28.4 Å². The van der Waals surface area contributed by atoms with Crippen LogP contribution in [0, 0.1) is 12.3 Å². The average Bonchev–Trinajstić information content (AvgIpc) is 3.22. The molecule has 1 aliphatic carbocycles. The number of piperidine rings is 1. The van der Waals surface area contributed by atoms with Gasteiger partial charge in [0.15, 0.2) is 11.6 Å². The molecular weight excluding hydrogens is 504 g/mol. The van der Waals surface area contributed by atoms with Crippen molar-refractivity contribution in [1.29, 1.82) is 0 Å². The molecule has 1 amide bonds. The molecule has 40 heavy (non-hydrogen) atoms. The van der Waals surface area contributed by atoms with Crippen LogP contribution < -0.4 is 0 Å². The number of Topliss-reactive ketones (excluding diaryl/α,β-unsaturated/α-hetero) is 2. The van der Waals surface area contributed by atoms with Gasteiger partial charge in [-0.15, -0.1) is 10.2 Å². The summed E-state index contributed by atoms with van der Waals surface area (Å²) in [5.74, 6) is 1.01. The molecular formula is C32H40N4O4. The molecule has 8 nitrogen and oxygen atoms in total. The van der Waals surface area contributed by atoms with Crippen LogP contribution >= 0.6 is 0 Å². The standard InChI is InChI=1S/C32H40N4O4/c1-4-27(38)26-16-32-13-11-9-7-5-6-8-10-12-22-14-23(31-34-33-21(3)40-31)15-24-25(20(2)37)18-35(30(22)24)19-29(39)36(26)28(32)17-32/h14-15,18,26,28H,4-13,16-17,19H2,1-3H3/t26-,28+,32-/m0/s1. The van der Waals surface area contributed by atoms with Crippen LogP contribution in [-0.2, 0) is 22.6 Å². The Bertz CT molecular complexity index is 1470. The maximum atomic E-state index is 14.0. The van der Waals surface area contributed by atoms with Gasteiger partial charge >= 0.3 is 0 Å². The van der Waals surface area contributed by atoms with Crippen molar-refractivity contribution in [3.63, 3.8) is 0 Å². The van der Waals surface area contributed by atoms with Gasteiger partial charge in [-0.3, -0.25) is 14.4 Å². The van der Waals surface area contributed by atoms with Gasteiger partial charge in [0.05, 0.1) is 11.6 Å².